The standard InChI is InChI=1S/C17H22N4O5S/c1-2-3-9-19-14-10-12(17(22)23)11-15(27(24,25)21-20-18)16(14)26-13-7-5-4-6-8-13/h4-8,10-11,19-21H,2-3,9,18H2,1H3,(H,22,23). The minimum Gasteiger partial charge on any atom is -0.478 e. The fraction of sp³-hybridized carbons (Fsp3) is 0.235. The van der Waals surface area contributed by atoms with Crippen LogP contribution in [0.4, 0.5) is 5.69 Å². The molecule has 2 rings (SSSR count). The number of carboxylic acid groups (broad SMARTS) is 1. The lowest BCUT2D eigenvalue weighted by Gasteiger charge is -2.18. The highest BCUT2D eigenvalue weighted by molar-refractivity contribution is 7.89. The van der Waals surface area contributed by atoms with Gasteiger partial charge < -0.3 is 15.2 Å². The Hall–Kier alpha value is -2.66. The van der Waals surface area contributed by atoms with Crippen LogP contribution in [-0.4, -0.2) is 26.0 Å². The first-order chi connectivity index (χ1) is 12.9. The molecule has 6 N–H and O–H groups in total. The normalized spacial score (nSPS) is 11.2. The number of unbranched alkanes of at least 4 members (excludes halogenated alkanes) is 1. The van der Waals surface area contributed by atoms with Crippen LogP contribution >= 0.6 is 0 Å². The first-order valence-electron chi connectivity index (χ1n) is 8.24. The van der Waals surface area contributed by atoms with E-state index in [4.69, 9.17) is 10.6 Å². The number of sulfonamides is 1. The number of ether oxygens (including phenoxy) is 1. The Balaban J connectivity index is 2.63. The Morgan fingerprint density at radius 2 is 1.93 bits per heavy atom. The van der Waals surface area contributed by atoms with Crippen molar-refractivity contribution in [2.75, 3.05) is 11.9 Å². The van der Waals surface area contributed by atoms with E-state index in [-0.39, 0.29) is 21.9 Å². The number of hydrogen-bond donors (Lipinski definition) is 5. The van der Waals surface area contributed by atoms with Gasteiger partial charge in [-0.05, 0) is 30.7 Å². The molecular formula is C17H22N4O5S. The van der Waals surface area contributed by atoms with Crippen molar-refractivity contribution in [3.8, 4) is 11.5 Å². The van der Waals surface area contributed by atoms with Crippen LogP contribution in [0.3, 0.4) is 0 Å². The number of carboxylic acids is 1. The summed E-state index contributed by atoms with van der Waals surface area (Å²) >= 11 is 0. The minimum atomic E-state index is -4.18. The molecule has 0 fully saturated rings. The van der Waals surface area contributed by atoms with Gasteiger partial charge in [0.05, 0.1) is 11.3 Å². The average molecular weight is 394 g/mol. The third-order valence-electron chi connectivity index (χ3n) is 3.59. The molecule has 0 spiro atoms. The maximum Gasteiger partial charge on any atom is 0.335 e. The molecule has 0 heterocycles. The summed E-state index contributed by atoms with van der Waals surface area (Å²) in [6.07, 6.45) is 1.72. The van der Waals surface area contributed by atoms with Gasteiger partial charge in [0.1, 0.15) is 10.6 Å². The van der Waals surface area contributed by atoms with Crippen molar-refractivity contribution in [3.05, 3.63) is 48.0 Å². The highest BCUT2D eigenvalue weighted by atomic mass is 32.2. The molecule has 0 saturated heterocycles. The molecule has 0 amide bonds. The number of hydrazine groups is 2. The molecule has 0 radical (unpaired) electrons. The highest BCUT2D eigenvalue weighted by Gasteiger charge is 2.25. The maximum atomic E-state index is 12.5. The van der Waals surface area contributed by atoms with E-state index in [0.717, 1.165) is 18.9 Å². The van der Waals surface area contributed by atoms with Crippen LogP contribution in [0.2, 0.25) is 0 Å². The van der Waals surface area contributed by atoms with E-state index in [1.54, 1.807) is 30.3 Å². The van der Waals surface area contributed by atoms with Gasteiger partial charge in [-0.3, -0.25) is 5.84 Å². The second-order valence-electron chi connectivity index (χ2n) is 5.60. The Morgan fingerprint density at radius 1 is 1.22 bits per heavy atom. The number of hydrogen-bond acceptors (Lipinski definition) is 7. The van der Waals surface area contributed by atoms with Crippen molar-refractivity contribution in [3.63, 3.8) is 0 Å². The van der Waals surface area contributed by atoms with E-state index in [2.05, 4.69) is 5.32 Å². The van der Waals surface area contributed by atoms with Crippen LogP contribution < -0.4 is 26.3 Å². The number of carbonyl (C=O) groups is 1. The lowest BCUT2D eigenvalue weighted by Crippen LogP contribution is -2.42. The number of rotatable bonds is 10. The summed E-state index contributed by atoms with van der Waals surface area (Å²) in [7, 11) is -4.18. The van der Waals surface area contributed by atoms with Crippen LogP contribution in [0.25, 0.3) is 0 Å². The van der Waals surface area contributed by atoms with Crippen molar-refractivity contribution in [2.24, 2.45) is 5.84 Å². The zero-order chi connectivity index (χ0) is 19.9. The molecule has 0 saturated carbocycles. The molecule has 0 atom stereocenters. The molecule has 0 aliphatic rings. The zero-order valence-corrected chi connectivity index (χ0v) is 15.5. The van der Waals surface area contributed by atoms with E-state index >= 15 is 0 Å². The van der Waals surface area contributed by atoms with Crippen LogP contribution in [-0.2, 0) is 10.0 Å². The van der Waals surface area contributed by atoms with E-state index in [1.807, 2.05) is 17.3 Å². The number of anilines is 1. The molecule has 27 heavy (non-hydrogen) atoms. The molecule has 2 aromatic rings. The minimum absolute atomic E-state index is 0.0231. The molecular weight excluding hydrogens is 372 g/mol. The summed E-state index contributed by atoms with van der Waals surface area (Å²) in [5.41, 5.74) is 1.91. The van der Waals surface area contributed by atoms with Gasteiger partial charge in [0.15, 0.2) is 5.75 Å². The Morgan fingerprint density at radius 3 is 2.52 bits per heavy atom. The van der Waals surface area contributed by atoms with Crippen LogP contribution in [0.1, 0.15) is 30.1 Å². The molecule has 0 bridgehead atoms. The zero-order valence-electron chi connectivity index (χ0n) is 14.7. The predicted molar refractivity (Wildman–Crippen MR) is 101 cm³/mol. The number of nitrogens with two attached hydrogens (primary N) is 1. The molecule has 0 unspecified atom stereocenters. The number of para-hydroxylation sites is 1. The van der Waals surface area contributed by atoms with Crippen molar-refractivity contribution < 1.29 is 23.1 Å². The van der Waals surface area contributed by atoms with Crippen LogP contribution in [0.5, 0.6) is 11.5 Å². The van der Waals surface area contributed by atoms with Gasteiger partial charge in [-0.2, -0.15) is 5.53 Å². The topological polar surface area (TPSA) is 143 Å². The van der Waals surface area contributed by atoms with Gasteiger partial charge in [-0.25, -0.2) is 13.2 Å². The van der Waals surface area contributed by atoms with Gasteiger partial charge >= 0.3 is 5.97 Å². The summed E-state index contributed by atoms with van der Waals surface area (Å²) in [5.74, 6) is 4.19. The van der Waals surface area contributed by atoms with Crippen LogP contribution in [0.15, 0.2) is 47.4 Å². The Bertz CT molecular complexity index is 888. The fourth-order valence-corrected chi connectivity index (χ4v) is 3.24. The second-order valence-corrected chi connectivity index (χ2v) is 7.25. The van der Waals surface area contributed by atoms with Gasteiger partial charge in [0.2, 0.25) is 0 Å². The summed E-state index contributed by atoms with van der Waals surface area (Å²) in [5, 5.41) is 12.4. The van der Waals surface area contributed by atoms with Gasteiger partial charge in [-0.1, -0.05) is 31.5 Å². The lowest BCUT2D eigenvalue weighted by molar-refractivity contribution is 0.0696. The largest absolute Gasteiger partial charge is 0.478 e. The fourth-order valence-electron chi connectivity index (χ4n) is 2.30. The molecule has 10 heteroatoms. The number of benzene rings is 2. The molecule has 0 aliphatic heterocycles. The monoisotopic (exact) mass is 394 g/mol. The summed E-state index contributed by atoms with van der Waals surface area (Å²) < 4.78 is 30.9. The number of aromatic carboxylic acids is 1. The first kappa shape index (κ1) is 20.6. The quantitative estimate of drug-likeness (QED) is 0.234. The number of nitrogens with one attached hydrogen (secondary N) is 3. The van der Waals surface area contributed by atoms with E-state index in [0.29, 0.717) is 12.3 Å². The van der Waals surface area contributed by atoms with Gasteiger partial charge in [0, 0.05) is 6.54 Å². The van der Waals surface area contributed by atoms with Gasteiger partial charge in [-0.15, -0.1) is 4.83 Å². The first-order valence-corrected chi connectivity index (χ1v) is 9.73. The predicted octanol–water partition coefficient (Wildman–Crippen LogP) is 2.05. The third kappa shape index (κ3) is 5.41. The lowest BCUT2D eigenvalue weighted by atomic mass is 10.1. The Labute approximate surface area is 157 Å². The average Bonchev–Trinajstić information content (AvgIpc) is 2.63. The van der Waals surface area contributed by atoms with Crippen molar-refractivity contribution in [1.29, 1.82) is 0 Å². The van der Waals surface area contributed by atoms with Crippen LogP contribution in [0, 0.1) is 0 Å². The third-order valence-corrected chi connectivity index (χ3v) is 4.86. The van der Waals surface area contributed by atoms with E-state index in [9.17, 15) is 18.3 Å². The smallest absolute Gasteiger partial charge is 0.335 e. The van der Waals surface area contributed by atoms with Gasteiger partial charge in [0.25, 0.3) is 10.0 Å². The SMILES string of the molecule is CCCCNc1cc(C(=O)O)cc(S(=O)(=O)NNN)c1Oc1ccccc1. The molecule has 0 aliphatic carbocycles. The van der Waals surface area contributed by atoms with Crippen molar-refractivity contribution >= 4 is 21.7 Å². The molecule has 146 valence electrons. The second kappa shape index (κ2) is 9.33. The molecule has 9 nitrogen and oxygen atoms in total. The van der Waals surface area contributed by atoms with Crippen molar-refractivity contribution in [2.45, 2.75) is 24.7 Å². The maximum absolute atomic E-state index is 12.5. The van der Waals surface area contributed by atoms with Crippen molar-refractivity contribution in [1.82, 2.24) is 10.4 Å². The summed E-state index contributed by atoms with van der Waals surface area (Å²) in [4.78, 5) is 13.0. The Kier molecular flexibility index (Phi) is 7.13. The molecule has 0 aromatic heterocycles. The molecule has 2 aromatic carbocycles. The van der Waals surface area contributed by atoms with E-state index < -0.39 is 16.0 Å². The summed E-state index contributed by atoms with van der Waals surface area (Å²) in [6.45, 7) is 2.52. The van der Waals surface area contributed by atoms with E-state index in [1.165, 1.54) is 6.07 Å². The highest BCUT2D eigenvalue weighted by Crippen LogP contribution is 2.37. The summed E-state index contributed by atoms with van der Waals surface area (Å²) in [6, 6.07) is 10.9.